The third-order valence-electron chi connectivity index (χ3n) is 3.19. The van der Waals surface area contributed by atoms with Gasteiger partial charge in [-0.05, 0) is 44.1 Å². The van der Waals surface area contributed by atoms with Crippen LogP contribution >= 0.6 is 11.8 Å². The van der Waals surface area contributed by atoms with Gasteiger partial charge in [0, 0.05) is 17.5 Å². The highest BCUT2D eigenvalue weighted by molar-refractivity contribution is 7.99. The first-order valence-corrected chi connectivity index (χ1v) is 7.08. The van der Waals surface area contributed by atoms with Crippen LogP contribution in [-0.4, -0.2) is 22.5 Å². The first kappa shape index (κ1) is 11.6. The zero-order valence-electron chi connectivity index (χ0n) is 9.65. The number of thioether (sulfide) groups is 1. The number of nitrogens with two attached hydrogens (primary N) is 1. The first-order chi connectivity index (χ1) is 7.79. The van der Waals surface area contributed by atoms with Crippen LogP contribution in [0, 0.1) is 0 Å². The summed E-state index contributed by atoms with van der Waals surface area (Å²) in [5, 5.41) is 4.29. The Bertz CT molecular complexity index is 335. The largest absolute Gasteiger partial charge is 0.396 e. The van der Waals surface area contributed by atoms with E-state index in [4.69, 9.17) is 5.73 Å². The Morgan fingerprint density at radius 2 is 2.12 bits per heavy atom. The first-order valence-electron chi connectivity index (χ1n) is 5.79. The number of rotatable bonds is 3. The van der Waals surface area contributed by atoms with Crippen LogP contribution in [0.25, 0.3) is 0 Å². The van der Waals surface area contributed by atoms with Crippen LogP contribution in [0.4, 0.5) is 11.5 Å². The average molecular weight is 237 g/mol. The van der Waals surface area contributed by atoms with Gasteiger partial charge in [-0.2, -0.15) is 11.8 Å². The molecule has 3 N–H and O–H groups in total. The number of nitrogen functional groups attached to an aromatic ring is 1. The van der Waals surface area contributed by atoms with E-state index in [1.54, 1.807) is 6.20 Å². The lowest BCUT2D eigenvalue weighted by atomic mass is 9.95. The van der Waals surface area contributed by atoms with E-state index in [-0.39, 0.29) is 0 Å². The van der Waals surface area contributed by atoms with Crippen molar-refractivity contribution in [3.8, 4) is 0 Å². The van der Waals surface area contributed by atoms with Crippen LogP contribution in [0.3, 0.4) is 0 Å². The van der Waals surface area contributed by atoms with Crippen molar-refractivity contribution in [2.45, 2.75) is 37.0 Å². The third kappa shape index (κ3) is 2.82. The van der Waals surface area contributed by atoms with Gasteiger partial charge in [-0.1, -0.05) is 0 Å². The molecule has 0 radical (unpaired) electrons. The predicted octanol–water partition coefficient (Wildman–Crippen LogP) is 2.75. The average Bonchev–Trinajstić information content (AvgIpc) is 2.33. The fourth-order valence-electron chi connectivity index (χ4n) is 2.17. The Morgan fingerprint density at radius 3 is 2.75 bits per heavy atom. The molecule has 1 aliphatic carbocycles. The minimum Gasteiger partial charge on any atom is -0.396 e. The second-order valence-electron chi connectivity index (χ2n) is 4.29. The van der Waals surface area contributed by atoms with E-state index in [1.165, 1.54) is 25.7 Å². The maximum Gasteiger partial charge on any atom is 0.149 e. The lowest BCUT2D eigenvalue weighted by Crippen LogP contribution is -2.27. The van der Waals surface area contributed by atoms with Crippen molar-refractivity contribution in [1.82, 2.24) is 4.98 Å². The molecule has 1 fully saturated rings. The molecular formula is C12H19N3S. The monoisotopic (exact) mass is 237 g/mol. The van der Waals surface area contributed by atoms with Gasteiger partial charge in [-0.15, -0.1) is 0 Å². The Morgan fingerprint density at radius 1 is 1.38 bits per heavy atom. The second kappa shape index (κ2) is 5.43. The topological polar surface area (TPSA) is 50.9 Å². The van der Waals surface area contributed by atoms with E-state index in [9.17, 15) is 0 Å². The molecule has 0 atom stereocenters. The minimum atomic E-state index is 0.542. The molecule has 2 rings (SSSR count). The molecule has 3 nitrogen and oxygen atoms in total. The van der Waals surface area contributed by atoms with Crippen molar-refractivity contribution in [2.75, 3.05) is 17.3 Å². The molecule has 0 spiro atoms. The minimum absolute atomic E-state index is 0.542. The number of nitrogens with zero attached hydrogens (tertiary/aromatic N) is 1. The number of hydrogen-bond acceptors (Lipinski definition) is 4. The SMILES string of the molecule is CSC1CCC(Nc2ncccc2N)CC1. The molecule has 88 valence electrons. The van der Waals surface area contributed by atoms with E-state index in [2.05, 4.69) is 16.6 Å². The molecule has 0 bridgehead atoms. The molecule has 1 heterocycles. The number of pyridine rings is 1. The molecule has 16 heavy (non-hydrogen) atoms. The van der Waals surface area contributed by atoms with Crippen LogP contribution in [0.1, 0.15) is 25.7 Å². The second-order valence-corrected chi connectivity index (χ2v) is 5.43. The molecule has 0 amide bonds. The zero-order valence-corrected chi connectivity index (χ0v) is 10.5. The predicted molar refractivity (Wildman–Crippen MR) is 71.8 cm³/mol. The Hall–Kier alpha value is -0.900. The standard InChI is InChI=1S/C12H19N3S/c1-16-10-6-4-9(5-7-10)15-12-11(13)3-2-8-14-12/h2-3,8-10H,4-7,13H2,1H3,(H,14,15). The molecule has 1 aromatic rings. The summed E-state index contributed by atoms with van der Waals surface area (Å²) < 4.78 is 0. The van der Waals surface area contributed by atoms with E-state index in [1.807, 2.05) is 23.9 Å². The van der Waals surface area contributed by atoms with Crippen LogP contribution in [0.5, 0.6) is 0 Å². The lowest BCUT2D eigenvalue weighted by molar-refractivity contribution is 0.472. The molecule has 0 aliphatic heterocycles. The normalized spacial score (nSPS) is 25.3. The van der Waals surface area contributed by atoms with Gasteiger partial charge in [-0.25, -0.2) is 4.98 Å². The fourth-order valence-corrected chi connectivity index (χ4v) is 2.92. The van der Waals surface area contributed by atoms with Crippen molar-refractivity contribution in [1.29, 1.82) is 0 Å². The van der Waals surface area contributed by atoms with Crippen molar-refractivity contribution < 1.29 is 0 Å². The van der Waals surface area contributed by atoms with Gasteiger partial charge < -0.3 is 11.1 Å². The van der Waals surface area contributed by atoms with E-state index < -0.39 is 0 Å². The van der Waals surface area contributed by atoms with Crippen molar-refractivity contribution in [3.05, 3.63) is 18.3 Å². The highest BCUT2D eigenvalue weighted by Gasteiger charge is 2.20. The third-order valence-corrected chi connectivity index (χ3v) is 4.33. The summed E-state index contributed by atoms with van der Waals surface area (Å²) in [4.78, 5) is 4.27. The number of hydrogen-bond donors (Lipinski definition) is 2. The van der Waals surface area contributed by atoms with Gasteiger partial charge in [0.05, 0.1) is 5.69 Å². The molecule has 1 aromatic heterocycles. The lowest BCUT2D eigenvalue weighted by Gasteiger charge is -2.28. The van der Waals surface area contributed by atoms with Gasteiger partial charge >= 0.3 is 0 Å². The van der Waals surface area contributed by atoms with Gasteiger partial charge in [0.25, 0.3) is 0 Å². The summed E-state index contributed by atoms with van der Waals surface area (Å²) in [6.07, 6.45) is 9.03. The van der Waals surface area contributed by atoms with Crippen molar-refractivity contribution >= 4 is 23.3 Å². The highest BCUT2D eigenvalue weighted by atomic mass is 32.2. The number of anilines is 2. The van der Waals surface area contributed by atoms with Gasteiger partial charge in [-0.3, -0.25) is 0 Å². The number of aromatic nitrogens is 1. The van der Waals surface area contributed by atoms with Crippen LogP contribution in [0.15, 0.2) is 18.3 Å². The quantitative estimate of drug-likeness (QED) is 0.848. The van der Waals surface area contributed by atoms with Gasteiger partial charge in [0.1, 0.15) is 5.82 Å². The molecule has 0 unspecified atom stereocenters. The van der Waals surface area contributed by atoms with E-state index >= 15 is 0 Å². The molecule has 1 aliphatic rings. The Balaban J connectivity index is 1.89. The molecule has 1 saturated carbocycles. The maximum atomic E-state index is 5.86. The maximum absolute atomic E-state index is 5.86. The summed E-state index contributed by atoms with van der Waals surface area (Å²) in [7, 11) is 0. The molecule has 0 saturated heterocycles. The Labute approximate surface area is 101 Å². The van der Waals surface area contributed by atoms with Crippen LogP contribution in [0.2, 0.25) is 0 Å². The van der Waals surface area contributed by atoms with E-state index in [0.717, 1.165) is 16.8 Å². The zero-order chi connectivity index (χ0) is 11.4. The summed E-state index contributed by atoms with van der Waals surface area (Å²) in [5.41, 5.74) is 6.61. The fraction of sp³-hybridized carbons (Fsp3) is 0.583. The van der Waals surface area contributed by atoms with Crippen LogP contribution < -0.4 is 11.1 Å². The molecule has 4 heteroatoms. The van der Waals surface area contributed by atoms with Crippen LogP contribution in [-0.2, 0) is 0 Å². The number of nitrogens with one attached hydrogen (secondary N) is 1. The van der Waals surface area contributed by atoms with Gasteiger partial charge in [0.2, 0.25) is 0 Å². The summed E-state index contributed by atoms with van der Waals surface area (Å²) in [5.74, 6) is 0.843. The van der Waals surface area contributed by atoms with Crippen molar-refractivity contribution in [3.63, 3.8) is 0 Å². The highest BCUT2D eigenvalue weighted by Crippen LogP contribution is 2.29. The molecule has 0 aromatic carbocycles. The molecular weight excluding hydrogens is 218 g/mol. The van der Waals surface area contributed by atoms with Crippen molar-refractivity contribution in [2.24, 2.45) is 0 Å². The smallest absolute Gasteiger partial charge is 0.149 e. The summed E-state index contributed by atoms with van der Waals surface area (Å²) >= 11 is 1.99. The summed E-state index contributed by atoms with van der Waals surface area (Å²) in [6, 6.07) is 4.30. The summed E-state index contributed by atoms with van der Waals surface area (Å²) in [6.45, 7) is 0. The van der Waals surface area contributed by atoms with Gasteiger partial charge in [0.15, 0.2) is 0 Å². The van der Waals surface area contributed by atoms with E-state index in [0.29, 0.717) is 6.04 Å². The Kier molecular flexibility index (Phi) is 3.93.